The van der Waals surface area contributed by atoms with Crippen molar-refractivity contribution in [1.29, 1.82) is 0 Å². The van der Waals surface area contributed by atoms with Gasteiger partial charge in [-0.1, -0.05) is 19.9 Å². The van der Waals surface area contributed by atoms with E-state index < -0.39 is 11.6 Å². The fourth-order valence-corrected chi connectivity index (χ4v) is 1.41. The molecule has 0 bridgehead atoms. The van der Waals surface area contributed by atoms with Crippen molar-refractivity contribution in [3.8, 4) is 0 Å². The maximum atomic E-state index is 13.0. The van der Waals surface area contributed by atoms with Gasteiger partial charge < -0.3 is 10.6 Å². The van der Waals surface area contributed by atoms with Gasteiger partial charge in [-0.25, -0.2) is 13.6 Å². The minimum Gasteiger partial charge on any atom is -0.338 e. The maximum absolute atomic E-state index is 13.0. The Bertz CT molecular complexity index is 421. The van der Waals surface area contributed by atoms with Gasteiger partial charge in [0.15, 0.2) is 11.6 Å². The van der Waals surface area contributed by atoms with Gasteiger partial charge in [-0.05, 0) is 30.5 Å². The summed E-state index contributed by atoms with van der Waals surface area (Å²) in [6.07, 6.45) is 0. The van der Waals surface area contributed by atoms with E-state index in [1.54, 1.807) is 6.92 Å². The smallest absolute Gasteiger partial charge is 0.315 e. The van der Waals surface area contributed by atoms with Crippen LogP contribution in [-0.2, 0) is 0 Å². The fourth-order valence-electron chi connectivity index (χ4n) is 1.41. The van der Waals surface area contributed by atoms with Crippen LogP contribution in [-0.4, -0.2) is 12.6 Å². The van der Waals surface area contributed by atoms with Crippen LogP contribution in [0, 0.1) is 17.6 Å². The zero-order chi connectivity index (χ0) is 13.7. The van der Waals surface area contributed by atoms with E-state index in [9.17, 15) is 13.6 Å². The molecule has 1 aromatic rings. The largest absolute Gasteiger partial charge is 0.338 e. The molecule has 5 heteroatoms. The number of urea groups is 1. The molecule has 100 valence electrons. The first-order valence-corrected chi connectivity index (χ1v) is 5.89. The van der Waals surface area contributed by atoms with Crippen LogP contribution in [0.1, 0.15) is 32.4 Å². The molecule has 0 radical (unpaired) electrons. The fraction of sp³-hybridized carbons (Fsp3) is 0.462. The third kappa shape index (κ3) is 4.31. The molecule has 0 aliphatic carbocycles. The number of carbonyl (C=O) groups excluding carboxylic acids is 1. The predicted octanol–water partition coefficient (Wildman–Crippen LogP) is 2.98. The molecule has 1 atom stereocenters. The van der Waals surface area contributed by atoms with E-state index in [1.807, 2.05) is 13.8 Å². The Kier molecular flexibility index (Phi) is 5.07. The normalized spacial score (nSPS) is 12.3. The van der Waals surface area contributed by atoms with Gasteiger partial charge in [0, 0.05) is 6.54 Å². The van der Waals surface area contributed by atoms with E-state index in [-0.39, 0.29) is 12.1 Å². The Morgan fingerprint density at radius 2 is 1.89 bits per heavy atom. The zero-order valence-electron chi connectivity index (χ0n) is 10.8. The lowest BCUT2D eigenvalue weighted by atomic mass is 10.1. The van der Waals surface area contributed by atoms with Crippen LogP contribution in [0.25, 0.3) is 0 Å². The highest BCUT2D eigenvalue weighted by Gasteiger charge is 2.11. The van der Waals surface area contributed by atoms with Crippen LogP contribution >= 0.6 is 0 Å². The second-order valence-corrected chi connectivity index (χ2v) is 4.64. The van der Waals surface area contributed by atoms with Crippen LogP contribution in [0.4, 0.5) is 13.6 Å². The van der Waals surface area contributed by atoms with Crippen molar-refractivity contribution < 1.29 is 13.6 Å². The lowest BCUT2D eigenvalue weighted by molar-refractivity contribution is 0.236. The maximum Gasteiger partial charge on any atom is 0.315 e. The molecular weight excluding hydrogens is 238 g/mol. The van der Waals surface area contributed by atoms with Gasteiger partial charge in [0.25, 0.3) is 0 Å². The average Bonchev–Trinajstić information content (AvgIpc) is 2.30. The second kappa shape index (κ2) is 6.33. The molecule has 2 N–H and O–H groups in total. The summed E-state index contributed by atoms with van der Waals surface area (Å²) in [5.41, 5.74) is 0.522. The first-order chi connectivity index (χ1) is 8.40. The molecule has 0 heterocycles. The second-order valence-electron chi connectivity index (χ2n) is 4.64. The number of carbonyl (C=O) groups is 1. The van der Waals surface area contributed by atoms with Crippen LogP contribution < -0.4 is 10.6 Å². The molecule has 0 fully saturated rings. The van der Waals surface area contributed by atoms with Gasteiger partial charge in [0.05, 0.1) is 6.04 Å². The van der Waals surface area contributed by atoms with Gasteiger partial charge in [-0.2, -0.15) is 0 Å². The third-order valence-electron chi connectivity index (χ3n) is 2.46. The third-order valence-corrected chi connectivity index (χ3v) is 2.46. The van der Waals surface area contributed by atoms with E-state index >= 15 is 0 Å². The highest BCUT2D eigenvalue weighted by atomic mass is 19.2. The lowest BCUT2D eigenvalue weighted by Gasteiger charge is -2.16. The molecular formula is C13H18F2N2O. The van der Waals surface area contributed by atoms with Gasteiger partial charge >= 0.3 is 6.03 Å². The number of hydrogen-bond donors (Lipinski definition) is 2. The number of hydrogen-bond acceptors (Lipinski definition) is 1. The summed E-state index contributed by atoms with van der Waals surface area (Å²) in [7, 11) is 0. The molecule has 0 unspecified atom stereocenters. The molecule has 18 heavy (non-hydrogen) atoms. The Balaban J connectivity index is 2.56. The van der Waals surface area contributed by atoms with Crippen molar-refractivity contribution in [3.63, 3.8) is 0 Å². The van der Waals surface area contributed by atoms with Gasteiger partial charge in [0.1, 0.15) is 0 Å². The van der Waals surface area contributed by atoms with Crippen LogP contribution in [0.15, 0.2) is 18.2 Å². The Morgan fingerprint density at radius 3 is 2.44 bits per heavy atom. The number of rotatable bonds is 4. The molecule has 3 nitrogen and oxygen atoms in total. The van der Waals surface area contributed by atoms with E-state index in [1.165, 1.54) is 6.07 Å². The van der Waals surface area contributed by atoms with Gasteiger partial charge in [-0.3, -0.25) is 0 Å². The summed E-state index contributed by atoms with van der Waals surface area (Å²) >= 11 is 0. The van der Waals surface area contributed by atoms with Gasteiger partial charge in [0.2, 0.25) is 0 Å². The van der Waals surface area contributed by atoms with E-state index in [4.69, 9.17) is 0 Å². The summed E-state index contributed by atoms with van der Waals surface area (Å²) in [6.45, 7) is 6.25. The Morgan fingerprint density at radius 1 is 1.22 bits per heavy atom. The summed E-state index contributed by atoms with van der Waals surface area (Å²) < 4.78 is 25.8. The van der Waals surface area contributed by atoms with Crippen LogP contribution in [0.3, 0.4) is 0 Å². The van der Waals surface area contributed by atoms with E-state index in [0.29, 0.717) is 18.0 Å². The van der Waals surface area contributed by atoms with E-state index in [2.05, 4.69) is 10.6 Å². The Hall–Kier alpha value is -1.65. The van der Waals surface area contributed by atoms with Crippen molar-refractivity contribution >= 4 is 6.03 Å². The number of amides is 2. The molecule has 1 rings (SSSR count). The molecule has 0 saturated carbocycles. The topological polar surface area (TPSA) is 41.1 Å². The van der Waals surface area contributed by atoms with E-state index in [0.717, 1.165) is 12.1 Å². The van der Waals surface area contributed by atoms with Gasteiger partial charge in [-0.15, -0.1) is 0 Å². The summed E-state index contributed by atoms with van der Waals surface area (Å²) in [5, 5.41) is 5.35. The minimum atomic E-state index is -0.913. The van der Waals surface area contributed by atoms with Crippen LogP contribution in [0.2, 0.25) is 0 Å². The number of benzene rings is 1. The standard InChI is InChI=1S/C13H18F2N2O/c1-8(2)7-16-13(18)17-9(3)10-4-5-11(14)12(15)6-10/h4-6,8-9H,7H2,1-3H3,(H2,16,17,18)/t9-/m0/s1. The quantitative estimate of drug-likeness (QED) is 0.854. The molecule has 0 saturated heterocycles. The number of nitrogens with one attached hydrogen (secondary N) is 2. The highest BCUT2D eigenvalue weighted by Crippen LogP contribution is 2.15. The molecule has 0 spiro atoms. The molecule has 1 aromatic carbocycles. The summed E-state index contributed by atoms with van der Waals surface area (Å²) in [5.74, 6) is -1.45. The van der Waals surface area contributed by atoms with Crippen molar-refractivity contribution in [2.45, 2.75) is 26.8 Å². The van der Waals surface area contributed by atoms with Crippen molar-refractivity contribution in [2.75, 3.05) is 6.54 Å². The molecule has 0 aliphatic heterocycles. The number of halogens is 2. The molecule has 0 aliphatic rings. The van der Waals surface area contributed by atoms with Crippen molar-refractivity contribution in [1.82, 2.24) is 10.6 Å². The molecule has 0 aromatic heterocycles. The minimum absolute atomic E-state index is 0.319. The molecule has 2 amide bonds. The predicted molar refractivity (Wildman–Crippen MR) is 66.1 cm³/mol. The average molecular weight is 256 g/mol. The van der Waals surface area contributed by atoms with Crippen molar-refractivity contribution in [3.05, 3.63) is 35.4 Å². The monoisotopic (exact) mass is 256 g/mol. The summed E-state index contributed by atoms with van der Waals surface area (Å²) in [4.78, 5) is 11.5. The zero-order valence-corrected chi connectivity index (χ0v) is 10.8. The highest BCUT2D eigenvalue weighted by molar-refractivity contribution is 5.74. The van der Waals surface area contributed by atoms with Crippen LogP contribution in [0.5, 0.6) is 0 Å². The first kappa shape index (κ1) is 14.4. The first-order valence-electron chi connectivity index (χ1n) is 5.89. The lowest BCUT2D eigenvalue weighted by Crippen LogP contribution is -2.38. The summed E-state index contributed by atoms with van der Waals surface area (Å²) in [6, 6.07) is 2.89. The Labute approximate surface area is 106 Å². The SMILES string of the molecule is CC(C)CNC(=O)N[C@@H](C)c1ccc(F)c(F)c1. The van der Waals surface area contributed by atoms with Crippen molar-refractivity contribution in [2.24, 2.45) is 5.92 Å².